The second-order valence-electron chi connectivity index (χ2n) is 5.63. The minimum absolute atomic E-state index is 0.0109. The lowest BCUT2D eigenvalue weighted by molar-refractivity contribution is 0.275. The molecule has 20 heavy (non-hydrogen) atoms. The summed E-state index contributed by atoms with van der Waals surface area (Å²) in [7, 11) is -2.09. The topological polar surface area (TPSA) is 57.6 Å². The van der Waals surface area contributed by atoms with Crippen molar-refractivity contribution in [1.82, 2.24) is 4.31 Å². The summed E-state index contributed by atoms with van der Waals surface area (Å²) in [4.78, 5) is 0.0382. The molecule has 1 fully saturated rings. The first-order valence-corrected chi connectivity index (χ1v) is 8.07. The van der Waals surface area contributed by atoms with E-state index in [-0.39, 0.29) is 16.0 Å². The van der Waals surface area contributed by atoms with Gasteiger partial charge in [0.25, 0.3) is 0 Å². The summed E-state index contributed by atoms with van der Waals surface area (Å²) in [6.45, 7) is 3.56. The van der Waals surface area contributed by atoms with E-state index in [0.717, 1.165) is 6.42 Å². The van der Waals surface area contributed by atoms with Crippen molar-refractivity contribution in [1.29, 1.82) is 0 Å². The van der Waals surface area contributed by atoms with Crippen molar-refractivity contribution in [2.75, 3.05) is 13.6 Å². The van der Waals surface area contributed by atoms with Crippen LogP contribution in [0.4, 0.5) is 4.39 Å². The van der Waals surface area contributed by atoms with Crippen molar-refractivity contribution in [3.63, 3.8) is 0 Å². The van der Waals surface area contributed by atoms with Crippen molar-refractivity contribution in [3.8, 4) is 0 Å². The third-order valence-electron chi connectivity index (χ3n) is 3.95. The highest BCUT2D eigenvalue weighted by Gasteiger charge is 2.36. The maximum absolute atomic E-state index is 13.7. The number of hydrogen-bond donors (Lipinski definition) is 1. The summed E-state index contributed by atoms with van der Waals surface area (Å²) in [6.07, 6.45) is 1.05. The molecule has 2 rings (SSSR count). The summed E-state index contributed by atoms with van der Waals surface area (Å²) in [5.41, 5.74) is 0.236. The average Bonchev–Trinajstić information content (AvgIpc) is 3.07. The Labute approximate surface area is 119 Å². The van der Waals surface area contributed by atoms with E-state index >= 15 is 0 Å². The smallest absolute Gasteiger partial charge is 0.242 e. The molecule has 1 aromatic rings. The van der Waals surface area contributed by atoms with Gasteiger partial charge in [0.1, 0.15) is 5.82 Å². The largest absolute Gasteiger partial charge is 0.392 e. The van der Waals surface area contributed by atoms with Gasteiger partial charge >= 0.3 is 0 Å². The van der Waals surface area contributed by atoms with Crippen molar-refractivity contribution >= 4 is 10.0 Å². The molecule has 0 aliphatic heterocycles. The molecule has 6 heteroatoms. The predicted molar refractivity (Wildman–Crippen MR) is 74.1 cm³/mol. The number of nitrogens with zero attached hydrogens (tertiary/aromatic N) is 1. The van der Waals surface area contributed by atoms with Crippen molar-refractivity contribution < 1.29 is 17.9 Å². The number of aliphatic hydroxyl groups is 1. The Balaban J connectivity index is 2.31. The molecule has 1 aliphatic rings. The molecule has 112 valence electrons. The van der Waals surface area contributed by atoms with Crippen molar-refractivity contribution in [2.24, 2.45) is 11.8 Å². The van der Waals surface area contributed by atoms with Gasteiger partial charge in [0.15, 0.2) is 0 Å². The van der Waals surface area contributed by atoms with Crippen LogP contribution in [0.3, 0.4) is 0 Å². The first-order chi connectivity index (χ1) is 9.27. The standard InChI is InChI=1S/C14H20FNO3S/c1-9-4-11(9)7-16(3)20(18,19)13-5-10(2)14(15)12(6-13)8-17/h5-6,9,11,17H,4,7-8H2,1-3H3. The fraction of sp³-hybridized carbons (Fsp3) is 0.571. The van der Waals surface area contributed by atoms with E-state index in [1.807, 2.05) is 0 Å². The fourth-order valence-electron chi connectivity index (χ4n) is 2.33. The molecule has 0 amide bonds. The van der Waals surface area contributed by atoms with Crippen LogP contribution >= 0.6 is 0 Å². The van der Waals surface area contributed by atoms with E-state index < -0.39 is 22.4 Å². The second-order valence-corrected chi connectivity index (χ2v) is 7.67. The fourth-order valence-corrected chi connectivity index (χ4v) is 3.70. The maximum atomic E-state index is 13.7. The number of hydrogen-bond acceptors (Lipinski definition) is 3. The normalized spacial score (nSPS) is 22.3. The number of sulfonamides is 1. The highest BCUT2D eigenvalue weighted by atomic mass is 32.2. The molecule has 0 aromatic heterocycles. The van der Waals surface area contributed by atoms with Crippen LogP contribution in [0.2, 0.25) is 0 Å². The molecule has 1 aromatic carbocycles. The molecule has 0 saturated heterocycles. The van der Waals surface area contributed by atoms with Crippen molar-refractivity contribution in [3.05, 3.63) is 29.1 Å². The highest BCUT2D eigenvalue weighted by molar-refractivity contribution is 7.89. The summed E-state index contributed by atoms with van der Waals surface area (Å²) in [5.74, 6) is 0.425. The second kappa shape index (κ2) is 5.42. The van der Waals surface area contributed by atoms with Gasteiger partial charge < -0.3 is 5.11 Å². The molecule has 0 heterocycles. The lowest BCUT2D eigenvalue weighted by Gasteiger charge is -2.18. The number of aliphatic hydroxyl groups excluding tert-OH is 1. The van der Waals surface area contributed by atoms with Gasteiger partial charge in [-0.25, -0.2) is 17.1 Å². The predicted octanol–water partition coefficient (Wildman–Crippen LogP) is 1.90. The Morgan fingerprint density at radius 2 is 2.05 bits per heavy atom. The van der Waals surface area contributed by atoms with Gasteiger partial charge in [-0.15, -0.1) is 0 Å². The van der Waals surface area contributed by atoms with E-state index in [1.54, 1.807) is 0 Å². The summed E-state index contributed by atoms with van der Waals surface area (Å²) >= 11 is 0. The molecule has 4 nitrogen and oxygen atoms in total. The zero-order valence-electron chi connectivity index (χ0n) is 11.9. The molecule has 2 unspecified atom stereocenters. The van der Waals surface area contributed by atoms with Crippen LogP contribution in [0, 0.1) is 24.6 Å². The first-order valence-electron chi connectivity index (χ1n) is 6.63. The molecule has 0 radical (unpaired) electrons. The summed E-state index contributed by atoms with van der Waals surface area (Å²) in [6, 6.07) is 2.53. The Morgan fingerprint density at radius 1 is 1.45 bits per heavy atom. The van der Waals surface area contributed by atoms with Crippen molar-refractivity contribution in [2.45, 2.75) is 31.8 Å². The number of aryl methyl sites for hydroxylation is 1. The van der Waals surface area contributed by atoms with Gasteiger partial charge in [0.2, 0.25) is 10.0 Å². The van der Waals surface area contributed by atoms with E-state index in [4.69, 9.17) is 5.11 Å². The molecule has 1 saturated carbocycles. The molecule has 1 aliphatic carbocycles. The number of benzene rings is 1. The molecular formula is C14H20FNO3S. The van der Waals surface area contributed by atoms with E-state index in [1.165, 1.54) is 30.4 Å². The maximum Gasteiger partial charge on any atom is 0.242 e. The Kier molecular flexibility index (Phi) is 4.18. The molecule has 0 spiro atoms. The van der Waals surface area contributed by atoms with E-state index in [9.17, 15) is 12.8 Å². The minimum Gasteiger partial charge on any atom is -0.392 e. The van der Waals surface area contributed by atoms with Gasteiger partial charge in [-0.3, -0.25) is 0 Å². The number of halogens is 1. The van der Waals surface area contributed by atoms with Crippen LogP contribution in [0.25, 0.3) is 0 Å². The average molecular weight is 301 g/mol. The van der Waals surface area contributed by atoms with Gasteiger partial charge in [-0.05, 0) is 42.9 Å². The molecule has 2 atom stereocenters. The Bertz CT molecular complexity index is 615. The highest BCUT2D eigenvalue weighted by Crippen LogP contribution is 2.38. The lowest BCUT2D eigenvalue weighted by Crippen LogP contribution is -2.29. The zero-order chi connectivity index (χ0) is 15.1. The SMILES string of the molecule is Cc1cc(S(=O)(=O)N(C)CC2CC2C)cc(CO)c1F. The van der Waals surface area contributed by atoms with Gasteiger partial charge in [0, 0.05) is 19.2 Å². The van der Waals surface area contributed by atoms with Crippen LogP contribution in [0.1, 0.15) is 24.5 Å². The molecule has 1 N–H and O–H groups in total. The first kappa shape index (κ1) is 15.4. The quantitative estimate of drug-likeness (QED) is 0.903. The Morgan fingerprint density at radius 3 is 2.55 bits per heavy atom. The van der Waals surface area contributed by atoms with Gasteiger partial charge in [-0.1, -0.05) is 6.92 Å². The Hall–Kier alpha value is -0.980. The van der Waals surface area contributed by atoms with Gasteiger partial charge in [0.05, 0.1) is 11.5 Å². The van der Waals surface area contributed by atoms with Crippen LogP contribution in [-0.4, -0.2) is 31.4 Å². The minimum atomic E-state index is -3.63. The van der Waals surface area contributed by atoms with E-state index in [2.05, 4.69) is 6.92 Å². The third kappa shape index (κ3) is 2.87. The molecular weight excluding hydrogens is 281 g/mol. The van der Waals surface area contributed by atoms with Crippen LogP contribution < -0.4 is 0 Å². The summed E-state index contributed by atoms with van der Waals surface area (Å²) < 4.78 is 39.9. The van der Waals surface area contributed by atoms with Crippen LogP contribution in [0.15, 0.2) is 17.0 Å². The van der Waals surface area contributed by atoms with E-state index in [0.29, 0.717) is 18.4 Å². The summed E-state index contributed by atoms with van der Waals surface area (Å²) in [5, 5.41) is 9.11. The monoisotopic (exact) mass is 301 g/mol. The third-order valence-corrected chi connectivity index (χ3v) is 5.75. The van der Waals surface area contributed by atoms with Crippen LogP contribution in [-0.2, 0) is 16.6 Å². The van der Waals surface area contributed by atoms with Crippen LogP contribution in [0.5, 0.6) is 0 Å². The van der Waals surface area contributed by atoms with Gasteiger partial charge in [-0.2, -0.15) is 0 Å². The number of rotatable bonds is 5. The lowest BCUT2D eigenvalue weighted by atomic mass is 10.1. The molecule has 0 bridgehead atoms. The zero-order valence-corrected chi connectivity index (χ0v) is 12.7.